The number of hydrogen-bond acceptors (Lipinski definition) is 3. The second-order valence-electron chi connectivity index (χ2n) is 5.07. The molecule has 0 saturated heterocycles. The Morgan fingerprint density at radius 2 is 2.29 bits per heavy atom. The fourth-order valence-corrected chi connectivity index (χ4v) is 2.39. The lowest BCUT2D eigenvalue weighted by Gasteiger charge is -2.26. The van der Waals surface area contributed by atoms with Crippen LogP contribution in [0.4, 0.5) is 0 Å². The predicted octanol–water partition coefficient (Wildman–Crippen LogP) is 2.64. The Kier molecular flexibility index (Phi) is 4.51. The molecule has 0 aliphatic heterocycles. The number of aromatic nitrogens is 1. The highest BCUT2D eigenvalue weighted by Gasteiger charge is 2.19. The standard InChI is InChI=1S/C14H22N2O/c1-11-3-2-4-14(7-11)17-10-13-6-5-12(8-15)9-16-13/h5-6,9,11,14H,2-4,7-8,10,15H2,1H3. The molecule has 1 aromatic heterocycles. The van der Waals surface area contributed by atoms with Crippen molar-refractivity contribution in [3.8, 4) is 0 Å². The van der Waals surface area contributed by atoms with Gasteiger partial charge in [-0.2, -0.15) is 0 Å². The molecule has 0 bridgehead atoms. The van der Waals surface area contributed by atoms with E-state index in [1.165, 1.54) is 25.7 Å². The molecule has 0 radical (unpaired) electrons. The van der Waals surface area contributed by atoms with Gasteiger partial charge in [-0.3, -0.25) is 4.98 Å². The third-order valence-corrected chi connectivity index (χ3v) is 3.48. The summed E-state index contributed by atoms with van der Waals surface area (Å²) in [7, 11) is 0. The molecule has 1 aliphatic carbocycles. The van der Waals surface area contributed by atoms with Gasteiger partial charge in [-0.15, -0.1) is 0 Å². The number of nitrogens with two attached hydrogens (primary N) is 1. The van der Waals surface area contributed by atoms with E-state index < -0.39 is 0 Å². The molecule has 0 amide bonds. The monoisotopic (exact) mass is 234 g/mol. The summed E-state index contributed by atoms with van der Waals surface area (Å²) in [5, 5.41) is 0. The zero-order chi connectivity index (χ0) is 12.1. The van der Waals surface area contributed by atoms with Crippen molar-refractivity contribution in [3.05, 3.63) is 29.6 Å². The lowest BCUT2D eigenvalue weighted by Crippen LogP contribution is -2.21. The molecule has 1 fully saturated rings. The van der Waals surface area contributed by atoms with Crippen molar-refractivity contribution in [1.29, 1.82) is 0 Å². The minimum absolute atomic E-state index is 0.426. The van der Waals surface area contributed by atoms with Crippen LogP contribution in [0.3, 0.4) is 0 Å². The Morgan fingerprint density at radius 1 is 1.41 bits per heavy atom. The van der Waals surface area contributed by atoms with Gasteiger partial charge < -0.3 is 10.5 Å². The maximum Gasteiger partial charge on any atom is 0.0891 e. The molecule has 1 aliphatic rings. The van der Waals surface area contributed by atoms with Crippen LogP contribution in [-0.4, -0.2) is 11.1 Å². The topological polar surface area (TPSA) is 48.1 Å². The third-order valence-electron chi connectivity index (χ3n) is 3.48. The van der Waals surface area contributed by atoms with Crippen molar-refractivity contribution in [2.45, 2.75) is 51.9 Å². The van der Waals surface area contributed by atoms with Gasteiger partial charge in [0, 0.05) is 12.7 Å². The van der Waals surface area contributed by atoms with E-state index in [0.29, 0.717) is 19.3 Å². The molecular weight excluding hydrogens is 212 g/mol. The number of pyridine rings is 1. The Balaban J connectivity index is 1.80. The minimum Gasteiger partial charge on any atom is -0.372 e. The molecular formula is C14H22N2O. The van der Waals surface area contributed by atoms with Crippen molar-refractivity contribution in [2.75, 3.05) is 0 Å². The summed E-state index contributed by atoms with van der Waals surface area (Å²) in [4.78, 5) is 4.35. The maximum atomic E-state index is 5.92. The smallest absolute Gasteiger partial charge is 0.0891 e. The van der Waals surface area contributed by atoms with Gasteiger partial charge in [0.25, 0.3) is 0 Å². The second-order valence-corrected chi connectivity index (χ2v) is 5.07. The summed E-state index contributed by atoms with van der Waals surface area (Å²) in [5.41, 5.74) is 7.60. The third kappa shape index (κ3) is 3.79. The first-order chi connectivity index (χ1) is 8.28. The zero-order valence-corrected chi connectivity index (χ0v) is 10.6. The number of rotatable bonds is 4. The van der Waals surface area contributed by atoms with E-state index in [1.807, 2.05) is 18.3 Å². The average Bonchev–Trinajstić information content (AvgIpc) is 2.37. The van der Waals surface area contributed by atoms with Crippen LogP contribution >= 0.6 is 0 Å². The normalized spacial score (nSPS) is 24.8. The fourth-order valence-electron chi connectivity index (χ4n) is 2.39. The molecule has 2 N–H and O–H groups in total. The molecule has 2 rings (SSSR count). The first kappa shape index (κ1) is 12.5. The molecule has 3 heteroatoms. The molecule has 17 heavy (non-hydrogen) atoms. The lowest BCUT2D eigenvalue weighted by molar-refractivity contribution is 0.00320. The maximum absolute atomic E-state index is 5.92. The van der Waals surface area contributed by atoms with Gasteiger partial charge in [0.05, 0.1) is 18.4 Å². The number of hydrogen-bond donors (Lipinski definition) is 1. The first-order valence-corrected chi connectivity index (χ1v) is 6.53. The van der Waals surface area contributed by atoms with Crippen LogP contribution < -0.4 is 5.73 Å². The molecule has 0 spiro atoms. The first-order valence-electron chi connectivity index (χ1n) is 6.53. The Hall–Kier alpha value is -0.930. The summed E-state index contributed by atoms with van der Waals surface area (Å²) in [5.74, 6) is 0.807. The zero-order valence-electron chi connectivity index (χ0n) is 10.6. The van der Waals surface area contributed by atoms with Crippen molar-refractivity contribution in [3.63, 3.8) is 0 Å². The van der Waals surface area contributed by atoms with Gasteiger partial charge in [0.2, 0.25) is 0 Å². The lowest BCUT2D eigenvalue weighted by atomic mass is 9.89. The quantitative estimate of drug-likeness (QED) is 0.871. The summed E-state index contributed by atoms with van der Waals surface area (Å²) >= 11 is 0. The van der Waals surface area contributed by atoms with Gasteiger partial charge in [-0.25, -0.2) is 0 Å². The Labute approximate surface area is 103 Å². The molecule has 2 atom stereocenters. The highest BCUT2D eigenvalue weighted by atomic mass is 16.5. The van der Waals surface area contributed by atoms with Crippen LogP contribution in [0.15, 0.2) is 18.3 Å². The SMILES string of the molecule is CC1CCCC(OCc2ccc(CN)cn2)C1. The van der Waals surface area contributed by atoms with E-state index in [9.17, 15) is 0 Å². The minimum atomic E-state index is 0.426. The highest BCUT2D eigenvalue weighted by molar-refractivity contribution is 5.13. The number of ether oxygens (including phenoxy) is 1. The molecule has 0 aromatic carbocycles. The molecule has 1 heterocycles. The second kappa shape index (κ2) is 6.12. The molecule has 1 saturated carbocycles. The predicted molar refractivity (Wildman–Crippen MR) is 68.3 cm³/mol. The summed E-state index contributed by atoms with van der Waals surface area (Å²) in [6.07, 6.45) is 7.30. The molecule has 94 valence electrons. The van der Waals surface area contributed by atoms with Crippen molar-refractivity contribution >= 4 is 0 Å². The van der Waals surface area contributed by atoms with Gasteiger partial charge in [-0.1, -0.05) is 25.8 Å². The van der Waals surface area contributed by atoms with Crippen molar-refractivity contribution in [1.82, 2.24) is 4.98 Å². The largest absolute Gasteiger partial charge is 0.372 e. The Morgan fingerprint density at radius 3 is 2.94 bits per heavy atom. The molecule has 1 aromatic rings. The van der Waals surface area contributed by atoms with E-state index in [-0.39, 0.29) is 0 Å². The fraction of sp³-hybridized carbons (Fsp3) is 0.643. The van der Waals surface area contributed by atoms with Crippen LogP contribution in [-0.2, 0) is 17.9 Å². The van der Waals surface area contributed by atoms with Crippen molar-refractivity contribution in [2.24, 2.45) is 11.7 Å². The summed E-state index contributed by atoms with van der Waals surface area (Å²) in [6.45, 7) is 3.49. The van der Waals surface area contributed by atoms with Crippen LogP contribution in [0.5, 0.6) is 0 Å². The molecule has 3 nitrogen and oxygen atoms in total. The van der Waals surface area contributed by atoms with Crippen molar-refractivity contribution < 1.29 is 4.74 Å². The van der Waals surface area contributed by atoms with Gasteiger partial charge in [0.1, 0.15) is 0 Å². The number of nitrogens with zero attached hydrogens (tertiary/aromatic N) is 1. The summed E-state index contributed by atoms with van der Waals surface area (Å²) < 4.78 is 5.92. The van der Waals surface area contributed by atoms with E-state index in [2.05, 4.69) is 11.9 Å². The van der Waals surface area contributed by atoms with E-state index in [4.69, 9.17) is 10.5 Å². The summed E-state index contributed by atoms with van der Waals surface area (Å²) in [6, 6.07) is 4.03. The van der Waals surface area contributed by atoms with Crippen LogP contribution in [0.1, 0.15) is 43.9 Å². The highest BCUT2D eigenvalue weighted by Crippen LogP contribution is 2.26. The van der Waals surface area contributed by atoms with Gasteiger partial charge in [0.15, 0.2) is 0 Å². The Bertz CT molecular complexity index is 337. The van der Waals surface area contributed by atoms with E-state index in [0.717, 1.165) is 17.2 Å². The van der Waals surface area contributed by atoms with Crippen LogP contribution in [0, 0.1) is 5.92 Å². The van der Waals surface area contributed by atoms with Crippen LogP contribution in [0.25, 0.3) is 0 Å². The van der Waals surface area contributed by atoms with Gasteiger partial charge in [-0.05, 0) is 30.4 Å². The van der Waals surface area contributed by atoms with Crippen LogP contribution in [0.2, 0.25) is 0 Å². The van der Waals surface area contributed by atoms with E-state index in [1.54, 1.807) is 0 Å². The van der Waals surface area contributed by atoms with E-state index >= 15 is 0 Å². The molecule has 2 unspecified atom stereocenters. The van der Waals surface area contributed by atoms with Gasteiger partial charge >= 0.3 is 0 Å². The average molecular weight is 234 g/mol.